The standard InChI is InChI=1S/C23H20F3N5O2S/c1-12-3-5-14(6-4-12)15-11-16(23(24,25)26)29-22-18(15)19(20(34-22)21(27)33)30-17(32)8-10-31-13(2)7-9-28-31/h3-7,9,11H,8,10H2,1-2H3,(H2,27,33)(H,30,32). The molecule has 3 aromatic heterocycles. The van der Waals surface area contributed by atoms with E-state index in [-0.39, 0.29) is 32.8 Å². The van der Waals surface area contributed by atoms with Crippen molar-refractivity contribution in [1.82, 2.24) is 14.8 Å². The number of thiophene rings is 1. The number of nitrogens with one attached hydrogen (secondary N) is 1. The molecular weight excluding hydrogens is 467 g/mol. The molecular formula is C23H20F3N5O2S. The van der Waals surface area contributed by atoms with E-state index in [4.69, 9.17) is 5.73 Å². The molecule has 3 heterocycles. The molecule has 0 aliphatic carbocycles. The number of hydrogen-bond acceptors (Lipinski definition) is 5. The average Bonchev–Trinajstić information content (AvgIpc) is 3.35. The predicted molar refractivity (Wildman–Crippen MR) is 124 cm³/mol. The second kappa shape index (κ2) is 8.90. The fraction of sp³-hybridized carbons (Fsp3) is 0.217. The number of aryl methyl sites for hydroxylation is 3. The number of rotatable bonds is 6. The first-order chi connectivity index (χ1) is 16.0. The Labute approximate surface area is 196 Å². The molecule has 7 nitrogen and oxygen atoms in total. The van der Waals surface area contributed by atoms with Gasteiger partial charge in [-0.2, -0.15) is 18.3 Å². The van der Waals surface area contributed by atoms with Crippen molar-refractivity contribution in [2.24, 2.45) is 5.73 Å². The minimum Gasteiger partial charge on any atom is -0.365 e. The third kappa shape index (κ3) is 4.65. The molecule has 0 spiro atoms. The van der Waals surface area contributed by atoms with Gasteiger partial charge in [0, 0.05) is 30.2 Å². The molecule has 0 fully saturated rings. The summed E-state index contributed by atoms with van der Waals surface area (Å²) in [5.74, 6) is -1.31. The smallest absolute Gasteiger partial charge is 0.365 e. The molecule has 2 amide bonds. The van der Waals surface area contributed by atoms with Crippen LogP contribution in [0.3, 0.4) is 0 Å². The van der Waals surface area contributed by atoms with Crippen molar-refractivity contribution < 1.29 is 22.8 Å². The quantitative estimate of drug-likeness (QED) is 0.403. The number of aromatic nitrogens is 3. The number of primary amides is 1. The number of alkyl halides is 3. The molecule has 0 aliphatic rings. The molecule has 0 radical (unpaired) electrons. The number of benzene rings is 1. The fourth-order valence-corrected chi connectivity index (χ4v) is 4.55. The van der Waals surface area contributed by atoms with Gasteiger partial charge in [0.25, 0.3) is 5.91 Å². The van der Waals surface area contributed by atoms with Crippen LogP contribution in [0, 0.1) is 13.8 Å². The molecule has 1 aromatic carbocycles. The van der Waals surface area contributed by atoms with Crippen LogP contribution in [0.25, 0.3) is 21.3 Å². The molecule has 0 aliphatic heterocycles. The number of hydrogen-bond donors (Lipinski definition) is 2. The molecule has 11 heteroatoms. The van der Waals surface area contributed by atoms with Gasteiger partial charge in [-0.25, -0.2) is 4.98 Å². The maximum absolute atomic E-state index is 13.6. The van der Waals surface area contributed by atoms with Crippen LogP contribution in [0.1, 0.15) is 33.0 Å². The van der Waals surface area contributed by atoms with E-state index >= 15 is 0 Å². The van der Waals surface area contributed by atoms with E-state index in [0.717, 1.165) is 17.3 Å². The summed E-state index contributed by atoms with van der Waals surface area (Å²) in [4.78, 5) is 28.5. The van der Waals surface area contributed by atoms with E-state index < -0.39 is 23.7 Å². The molecule has 4 aromatic rings. The van der Waals surface area contributed by atoms with Crippen molar-refractivity contribution in [2.75, 3.05) is 5.32 Å². The number of carbonyl (C=O) groups is 2. The van der Waals surface area contributed by atoms with Crippen LogP contribution < -0.4 is 11.1 Å². The zero-order chi connectivity index (χ0) is 24.6. The van der Waals surface area contributed by atoms with E-state index in [1.54, 1.807) is 41.2 Å². The molecule has 0 unspecified atom stereocenters. The van der Waals surface area contributed by atoms with Gasteiger partial charge in [-0.05, 0) is 37.1 Å². The molecule has 0 saturated carbocycles. The summed E-state index contributed by atoms with van der Waals surface area (Å²) < 4.78 is 42.4. The Balaban J connectivity index is 1.83. The number of nitrogens with zero attached hydrogens (tertiary/aromatic N) is 3. The normalized spacial score (nSPS) is 11.7. The highest BCUT2D eigenvalue weighted by molar-refractivity contribution is 7.21. The van der Waals surface area contributed by atoms with E-state index in [2.05, 4.69) is 15.4 Å². The lowest BCUT2D eigenvalue weighted by molar-refractivity contribution is -0.140. The maximum atomic E-state index is 13.6. The van der Waals surface area contributed by atoms with Gasteiger partial charge in [0.05, 0.1) is 5.69 Å². The zero-order valence-corrected chi connectivity index (χ0v) is 19.0. The van der Waals surface area contributed by atoms with Crippen molar-refractivity contribution in [1.29, 1.82) is 0 Å². The van der Waals surface area contributed by atoms with Crippen molar-refractivity contribution in [3.63, 3.8) is 0 Å². The number of pyridine rings is 1. The van der Waals surface area contributed by atoms with Gasteiger partial charge in [0.1, 0.15) is 15.4 Å². The summed E-state index contributed by atoms with van der Waals surface area (Å²) in [6, 6.07) is 9.61. The summed E-state index contributed by atoms with van der Waals surface area (Å²) in [5, 5.41) is 7.04. The average molecular weight is 488 g/mol. The molecule has 0 atom stereocenters. The Hall–Kier alpha value is -3.73. The van der Waals surface area contributed by atoms with Crippen molar-refractivity contribution in [2.45, 2.75) is 33.0 Å². The summed E-state index contributed by atoms with van der Waals surface area (Å²) >= 11 is 0.717. The van der Waals surface area contributed by atoms with Gasteiger partial charge < -0.3 is 11.1 Å². The van der Waals surface area contributed by atoms with Gasteiger partial charge in [0.2, 0.25) is 5.91 Å². The monoisotopic (exact) mass is 487 g/mol. The maximum Gasteiger partial charge on any atom is 0.433 e. The first-order valence-electron chi connectivity index (χ1n) is 10.2. The third-order valence-electron chi connectivity index (χ3n) is 5.28. The topological polar surface area (TPSA) is 103 Å². The van der Waals surface area contributed by atoms with Crippen molar-refractivity contribution >= 4 is 39.1 Å². The largest absolute Gasteiger partial charge is 0.433 e. The Morgan fingerprint density at radius 2 is 1.85 bits per heavy atom. The Kier molecular flexibility index (Phi) is 6.13. The lowest BCUT2D eigenvalue weighted by Crippen LogP contribution is -2.18. The lowest BCUT2D eigenvalue weighted by atomic mass is 10.00. The van der Waals surface area contributed by atoms with Crippen LogP contribution in [0.15, 0.2) is 42.6 Å². The van der Waals surface area contributed by atoms with Gasteiger partial charge in [-0.15, -0.1) is 11.3 Å². The van der Waals surface area contributed by atoms with Gasteiger partial charge in [-0.1, -0.05) is 29.8 Å². The van der Waals surface area contributed by atoms with Crippen LogP contribution in [0.2, 0.25) is 0 Å². The van der Waals surface area contributed by atoms with Gasteiger partial charge in [0.15, 0.2) is 0 Å². The highest BCUT2D eigenvalue weighted by Gasteiger charge is 2.35. The second-order valence-electron chi connectivity index (χ2n) is 7.76. The van der Waals surface area contributed by atoms with Gasteiger partial charge in [-0.3, -0.25) is 14.3 Å². The molecule has 4 rings (SSSR count). The third-order valence-corrected chi connectivity index (χ3v) is 6.38. The number of nitrogens with two attached hydrogens (primary N) is 1. The molecule has 34 heavy (non-hydrogen) atoms. The summed E-state index contributed by atoms with van der Waals surface area (Å²) in [5.41, 5.74) is 6.96. The number of amides is 2. The van der Waals surface area contributed by atoms with E-state index in [1.165, 1.54) is 0 Å². The Bertz CT molecular complexity index is 1390. The van der Waals surface area contributed by atoms with Crippen LogP contribution in [-0.4, -0.2) is 26.6 Å². The highest BCUT2D eigenvalue weighted by Crippen LogP contribution is 2.43. The molecule has 0 bridgehead atoms. The Morgan fingerprint density at radius 1 is 1.15 bits per heavy atom. The second-order valence-corrected chi connectivity index (χ2v) is 8.76. The minimum atomic E-state index is -4.70. The summed E-state index contributed by atoms with van der Waals surface area (Å²) in [6.07, 6.45) is -3.05. The van der Waals surface area contributed by atoms with Crippen LogP contribution in [0.5, 0.6) is 0 Å². The summed E-state index contributed by atoms with van der Waals surface area (Å²) in [6.45, 7) is 4.00. The first-order valence-corrected chi connectivity index (χ1v) is 11.1. The molecule has 3 N–H and O–H groups in total. The lowest BCUT2D eigenvalue weighted by Gasteiger charge is -2.13. The predicted octanol–water partition coefficient (Wildman–Crippen LogP) is 4.92. The number of carbonyl (C=O) groups excluding carboxylic acids is 2. The Morgan fingerprint density at radius 3 is 2.44 bits per heavy atom. The van der Waals surface area contributed by atoms with Crippen molar-refractivity contribution in [3.8, 4) is 11.1 Å². The highest BCUT2D eigenvalue weighted by atomic mass is 32.1. The van der Waals surface area contributed by atoms with E-state index in [9.17, 15) is 22.8 Å². The first kappa shape index (κ1) is 23.4. The van der Waals surface area contributed by atoms with Crippen LogP contribution >= 0.6 is 11.3 Å². The summed E-state index contributed by atoms with van der Waals surface area (Å²) in [7, 11) is 0. The molecule has 176 valence electrons. The van der Waals surface area contributed by atoms with Gasteiger partial charge >= 0.3 is 6.18 Å². The number of fused-ring (bicyclic) bond motifs is 1. The zero-order valence-electron chi connectivity index (χ0n) is 18.2. The van der Waals surface area contributed by atoms with Crippen LogP contribution in [0.4, 0.5) is 18.9 Å². The number of anilines is 1. The van der Waals surface area contributed by atoms with E-state index in [0.29, 0.717) is 23.4 Å². The fourth-order valence-electron chi connectivity index (χ4n) is 3.54. The molecule has 0 saturated heterocycles. The van der Waals surface area contributed by atoms with Crippen molar-refractivity contribution in [3.05, 3.63) is 64.4 Å². The SMILES string of the molecule is Cc1ccc(-c2cc(C(F)(F)F)nc3sc(C(N)=O)c(NC(=O)CCn4nccc4C)c23)cc1. The minimum absolute atomic E-state index is 0.0337. The van der Waals surface area contributed by atoms with E-state index in [1.807, 2.05) is 13.8 Å². The van der Waals surface area contributed by atoms with Crippen LogP contribution in [-0.2, 0) is 17.5 Å². The number of halogens is 3.